The average Bonchev–Trinajstić information content (AvgIpc) is 3.99. The number of fused-ring (bicyclic) bond motifs is 2. The van der Waals surface area contributed by atoms with E-state index in [0.29, 0.717) is 6.61 Å². The second-order valence-electron chi connectivity index (χ2n) is 19.0. The highest BCUT2D eigenvalue weighted by atomic mass is 16.5. The normalized spacial score (nSPS) is 24.0. The van der Waals surface area contributed by atoms with Crippen LogP contribution in [-0.2, 0) is 35.2 Å². The van der Waals surface area contributed by atoms with Gasteiger partial charge in [0.2, 0.25) is 35.4 Å². The molecule has 3 fully saturated rings. The molecule has 19 nitrogen and oxygen atoms in total. The molecule has 0 saturated carbocycles. The molecule has 3 heterocycles. The van der Waals surface area contributed by atoms with Crippen molar-refractivity contribution in [3.05, 3.63) is 108 Å². The van der Waals surface area contributed by atoms with Crippen molar-refractivity contribution in [2.75, 3.05) is 32.8 Å². The number of aromatic hydroxyl groups is 1. The number of ether oxygens (including phenoxy) is 1. The number of nitrogens with zero attached hydrogens (tertiary/aromatic N) is 2. The lowest BCUT2D eigenvalue weighted by Gasteiger charge is -2.31. The summed E-state index contributed by atoms with van der Waals surface area (Å²) in [5.41, 5.74) is 11.0. The summed E-state index contributed by atoms with van der Waals surface area (Å²) < 4.78 is 5.80. The van der Waals surface area contributed by atoms with Gasteiger partial charge in [0.05, 0.1) is 25.4 Å². The molecule has 0 bridgehead atoms. The number of phenolic OH excluding ortho intramolecular Hbond substituents is 1. The standard InChI is InChI=1S/C54H66N8O11/c1-3-4-26-73-42-22-18-37(19-23-42)35-12-10-34(11-13-35)36-14-16-38(17-15-36)49(67)58-43-6-5-25-56-52(70)45-27-39(55)30-61(45)47(66)29-57-50(68)44(24-9-33-7-20-40(64)21-8-33)59-53(71)46-28-41(65)31-62(46)54(72)48(32(2)63)60-51(43)69/h7-8,10-23,32,39,41,43-46,48,63-65H,3-6,9,24-31,55H2,1-2H3,(H,56,70)(H,57,68)(H,58,67)(H,59,71)(H,60,69)/t32-,39?,41-,43?,44?,45+,46+,48+/m1/s1. The quantitative estimate of drug-likeness (QED) is 0.0921. The molecule has 0 spiro atoms. The van der Waals surface area contributed by atoms with Gasteiger partial charge in [0.25, 0.3) is 5.91 Å². The molecule has 388 valence electrons. The summed E-state index contributed by atoms with van der Waals surface area (Å²) in [4.78, 5) is 99.9. The molecule has 0 aromatic heterocycles. The molecule has 3 aliphatic rings. The Kier molecular flexibility index (Phi) is 18.2. The molecule has 73 heavy (non-hydrogen) atoms. The number of rotatable bonds is 12. The Bertz CT molecular complexity index is 2580. The minimum Gasteiger partial charge on any atom is -0.508 e. The van der Waals surface area contributed by atoms with Gasteiger partial charge in [-0.25, -0.2) is 0 Å². The van der Waals surface area contributed by atoms with Gasteiger partial charge in [0, 0.05) is 37.7 Å². The first-order chi connectivity index (χ1) is 35.1. The topological polar surface area (TPSA) is 282 Å². The Morgan fingerprint density at radius 1 is 0.767 bits per heavy atom. The van der Waals surface area contributed by atoms with Crippen molar-refractivity contribution in [2.24, 2.45) is 5.73 Å². The van der Waals surface area contributed by atoms with E-state index < -0.39 is 96.4 Å². The molecule has 8 atom stereocenters. The first kappa shape index (κ1) is 53.4. The minimum absolute atomic E-state index is 0.0118. The van der Waals surface area contributed by atoms with Crippen LogP contribution in [0.1, 0.15) is 74.7 Å². The number of phenols is 1. The second kappa shape index (κ2) is 24.9. The SMILES string of the molecule is CCCCOc1ccc(-c2ccc(-c3ccc(C(=O)NC4CCCNC(=O)[C@@H]5CC(N)CN5C(=O)CNC(=O)C(CCc5ccc(O)cc5)NC(=O)[C@@H]5C[C@@H](O)CN5C(=O)[C@H]([C@@H](C)O)NC4=O)cc3)cc2)cc1. The van der Waals surface area contributed by atoms with Gasteiger partial charge in [-0.2, -0.15) is 0 Å². The van der Waals surface area contributed by atoms with E-state index in [9.17, 15) is 48.9 Å². The summed E-state index contributed by atoms with van der Waals surface area (Å²) >= 11 is 0. The van der Waals surface area contributed by atoms with Crippen LogP contribution in [0.5, 0.6) is 11.5 Å². The van der Waals surface area contributed by atoms with Crippen molar-refractivity contribution in [1.82, 2.24) is 36.4 Å². The zero-order valence-corrected chi connectivity index (χ0v) is 41.1. The predicted octanol–water partition coefficient (Wildman–Crippen LogP) is 1.90. The number of hydrogen-bond donors (Lipinski definition) is 9. The first-order valence-electron chi connectivity index (χ1n) is 25.0. The van der Waals surface area contributed by atoms with E-state index in [0.717, 1.165) is 51.3 Å². The zero-order chi connectivity index (χ0) is 52.2. The van der Waals surface area contributed by atoms with Crippen LogP contribution in [0.25, 0.3) is 22.3 Å². The van der Waals surface area contributed by atoms with Crippen LogP contribution in [0.2, 0.25) is 0 Å². The zero-order valence-electron chi connectivity index (χ0n) is 41.1. The first-order valence-corrected chi connectivity index (χ1v) is 25.0. The maximum atomic E-state index is 14.3. The number of nitrogens with two attached hydrogens (primary N) is 1. The second-order valence-corrected chi connectivity index (χ2v) is 19.0. The Labute approximate surface area is 424 Å². The Morgan fingerprint density at radius 2 is 1.38 bits per heavy atom. The van der Waals surface area contributed by atoms with Crippen molar-refractivity contribution < 1.29 is 53.6 Å². The van der Waals surface area contributed by atoms with Gasteiger partial charge >= 0.3 is 0 Å². The largest absolute Gasteiger partial charge is 0.508 e. The minimum atomic E-state index is -1.65. The third kappa shape index (κ3) is 14.0. The number of hydrogen-bond acceptors (Lipinski definition) is 12. The Morgan fingerprint density at radius 3 is 2.01 bits per heavy atom. The molecular formula is C54H66N8O11. The van der Waals surface area contributed by atoms with Crippen molar-refractivity contribution in [3.63, 3.8) is 0 Å². The van der Waals surface area contributed by atoms with Crippen molar-refractivity contribution in [3.8, 4) is 33.8 Å². The van der Waals surface area contributed by atoms with Gasteiger partial charge < -0.3 is 62.2 Å². The molecular weight excluding hydrogens is 937 g/mol. The van der Waals surface area contributed by atoms with E-state index in [4.69, 9.17) is 10.5 Å². The van der Waals surface area contributed by atoms with Crippen molar-refractivity contribution >= 4 is 41.4 Å². The van der Waals surface area contributed by atoms with Crippen LogP contribution in [0.15, 0.2) is 97.1 Å². The summed E-state index contributed by atoms with van der Waals surface area (Å²) in [5, 5.41) is 44.9. The number of aryl methyl sites for hydroxylation is 1. The smallest absolute Gasteiger partial charge is 0.251 e. The van der Waals surface area contributed by atoms with Crippen LogP contribution in [0.4, 0.5) is 0 Å². The predicted molar refractivity (Wildman–Crippen MR) is 270 cm³/mol. The number of amides is 7. The van der Waals surface area contributed by atoms with Gasteiger partial charge in [0.1, 0.15) is 41.7 Å². The van der Waals surface area contributed by atoms with Crippen molar-refractivity contribution in [1.29, 1.82) is 0 Å². The highest BCUT2D eigenvalue weighted by molar-refractivity contribution is 6.00. The average molecular weight is 1000 g/mol. The van der Waals surface area contributed by atoms with E-state index in [1.807, 2.05) is 48.5 Å². The van der Waals surface area contributed by atoms with Gasteiger partial charge in [-0.05, 0) is 110 Å². The molecule has 7 amide bonds. The molecule has 3 saturated heterocycles. The molecule has 3 unspecified atom stereocenters. The third-order valence-corrected chi connectivity index (χ3v) is 13.5. The van der Waals surface area contributed by atoms with E-state index in [2.05, 4.69) is 33.5 Å². The van der Waals surface area contributed by atoms with Gasteiger partial charge in [-0.15, -0.1) is 0 Å². The van der Waals surface area contributed by atoms with E-state index >= 15 is 0 Å². The van der Waals surface area contributed by atoms with Crippen LogP contribution in [0, 0.1) is 0 Å². The molecule has 3 aliphatic heterocycles. The molecule has 10 N–H and O–H groups in total. The molecule has 4 aromatic carbocycles. The molecule has 7 rings (SSSR count). The van der Waals surface area contributed by atoms with Gasteiger partial charge in [-0.3, -0.25) is 33.6 Å². The highest BCUT2D eigenvalue weighted by Gasteiger charge is 2.44. The summed E-state index contributed by atoms with van der Waals surface area (Å²) in [6.45, 7) is 3.25. The number of benzene rings is 4. The summed E-state index contributed by atoms with van der Waals surface area (Å²) in [6, 6.07) is 21.9. The molecule has 4 aromatic rings. The fourth-order valence-electron chi connectivity index (χ4n) is 9.31. The highest BCUT2D eigenvalue weighted by Crippen LogP contribution is 2.28. The van der Waals surface area contributed by atoms with E-state index in [1.165, 1.54) is 24.0 Å². The Balaban J connectivity index is 1.09. The maximum Gasteiger partial charge on any atom is 0.251 e. The number of nitrogens with one attached hydrogen (secondary N) is 5. The number of aliphatic hydroxyl groups is 2. The van der Waals surface area contributed by atoms with Crippen LogP contribution in [-0.4, -0.2) is 148 Å². The van der Waals surface area contributed by atoms with Crippen LogP contribution in [0.3, 0.4) is 0 Å². The summed E-state index contributed by atoms with van der Waals surface area (Å²) in [7, 11) is 0. The fourth-order valence-corrected chi connectivity index (χ4v) is 9.31. The van der Waals surface area contributed by atoms with Crippen molar-refractivity contribution in [2.45, 2.75) is 114 Å². The number of carbonyl (C=O) groups is 7. The monoisotopic (exact) mass is 1000 g/mol. The van der Waals surface area contributed by atoms with E-state index in [1.54, 1.807) is 36.4 Å². The fraction of sp³-hybridized carbons (Fsp3) is 0.426. The third-order valence-electron chi connectivity index (χ3n) is 13.5. The lowest BCUT2D eigenvalue weighted by Crippen LogP contribution is -2.60. The van der Waals surface area contributed by atoms with Crippen LogP contribution >= 0.6 is 0 Å². The lowest BCUT2D eigenvalue weighted by atomic mass is 9.99. The van der Waals surface area contributed by atoms with E-state index in [-0.39, 0.29) is 69.5 Å². The van der Waals surface area contributed by atoms with Gasteiger partial charge in [0.15, 0.2) is 0 Å². The summed E-state index contributed by atoms with van der Waals surface area (Å²) in [5.74, 6) is -4.15. The maximum absolute atomic E-state index is 14.3. The lowest BCUT2D eigenvalue weighted by molar-refractivity contribution is -0.144. The summed E-state index contributed by atoms with van der Waals surface area (Å²) in [6.07, 6.45) is -0.388. The molecule has 19 heteroatoms. The number of unbranched alkanes of at least 4 members (excludes halogenated alkanes) is 1. The molecule has 0 radical (unpaired) electrons. The number of carbonyl (C=O) groups excluding carboxylic acids is 7. The molecule has 0 aliphatic carbocycles. The van der Waals surface area contributed by atoms with Gasteiger partial charge in [-0.1, -0.05) is 74.0 Å². The Hall–Kier alpha value is -7.35. The number of aliphatic hydroxyl groups excluding tert-OH is 2. The van der Waals surface area contributed by atoms with Crippen LogP contribution < -0.4 is 37.1 Å².